The zero-order valence-electron chi connectivity index (χ0n) is 13.0. The molecule has 0 saturated heterocycles. The summed E-state index contributed by atoms with van der Waals surface area (Å²) in [6, 6.07) is 8.43. The lowest BCUT2D eigenvalue weighted by Gasteiger charge is -2.36. The van der Waals surface area contributed by atoms with Gasteiger partial charge in [0.1, 0.15) is 5.82 Å². The maximum atomic E-state index is 13.4. The molecule has 1 amide bonds. The van der Waals surface area contributed by atoms with Gasteiger partial charge in [-0.25, -0.2) is 4.39 Å². The number of amides is 1. The van der Waals surface area contributed by atoms with Crippen molar-refractivity contribution in [1.29, 1.82) is 0 Å². The molecule has 1 aliphatic rings. The quantitative estimate of drug-likeness (QED) is 0.935. The molecule has 0 atom stereocenters. The molecule has 0 saturated carbocycles. The van der Waals surface area contributed by atoms with Crippen molar-refractivity contribution in [3.8, 4) is 0 Å². The van der Waals surface area contributed by atoms with Crippen LogP contribution in [0, 0.1) is 5.82 Å². The number of carbonyl (C=O) groups is 1. The van der Waals surface area contributed by atoms with E-state index < -0.39 is 0 Å². The first kappa shape index (κ1) is 15.3. The third kappa shape index (κ3) is 3.59. The number of halogens is 1. The minimum atomic E-state index is -0.265. The number of hydrogen-bond donors (Lipinski definition) is 1. The second-order valence-corrected chi connectivity index (χ2v) is 5.61. The number of likely N-dealkylation sites (N-methyl/N-ethyl adjacent to an activating group) is 1. The second kappa shape index (κ2) is 6.64. The van der Waals surface area contributed by atoms with Crippen LogP contribution in [0.15, 0.2) is 42.7 Å². The Morgan fingerprint density at radius 2 is 2.17 bits per heavy atom. The second-order valence-electron chi connectivity index (χ2n) is 5.61. The normalized spacial score (nSPS) is 13.7. The maximum Gasteiger partial charge on any atom is 0.239 e. The van der Waals surface area contributed by atoms with Crippen molar-refractivity contribution >= 4 is 17.3 Å². The van der Waals surface area contributed by atoms with Gasteiger partial charge in [0.05, 0.1) is 17.9 Å². The van der Waals surface area contributed by atoms with Crippen LogP contribution in [0.2, 0.25) is 0 Å². The van der Waals surface area contributed by atoms with E-state index in [1.807, 2.05) is 29.0 Å². The van der Waals surface area contributed by atoms with Crippen molar-refractivity contribution in [2.75, 3.05) is 36.5 Å². The van der Waals surface area contributed by atoms with E-state index >= 15 is 0 Å². The summed E-state index contributed by atoms with van der Waals surface area (Å²) < 4.78 is 13.4. The van der Waals surface area contributed by atoms with Crippen molar-refractivity contribution in [2.24, 2.45) is 0 Å². The molecule has 2 heterocycles. The highest BCUT2D eigenvalue weighted by Crippen LogP contribution is 2.32. The smallest absolute Gasteiger partial charge is 0.239 e. The number of fused-ring (bicyclic) bond motifs is 1. The number of nitrogens with zero attached hydrogens (tertiary/aromatic N) is 3. The highest BCUT2D eigenvalue weighted by molar-refractivity contribution is 5.84. The summed E-state index contributed by atoms with van der Waals surface area (Å²) >= 11 is 0. The third-order valence-electron chi connectivity index (χ3n) is 3.94. The van der Waals surface area contributed by atoms with Gasteiger partial charge in [-0.15, -0.1) is 0 Å². The monoisotopic (exact) mass is 314 g/mol. The van der Waals surface area contributed by atoms with E-state index in [1.54, 1.807) is 18.5 Å². The van der Waals surface area contributed by atoms with Crippen LogP contribution in [0.4, 0.5) is 15.8 Å². The van der Waals surface area contributed by atoms with Crippen LogP contribution >= 0.6 is 0 Å². The molecule has 1 aliphatic heterocycles. The Bertz CT molecular complexity index is 692. The molecule has 0 unspecified atom stereocenters. The van der Waals surface area contributed by atoms with E-state index in [0.29, 0.717) is 6.54 Å². The highest BCUT2D eigenvalue weighted by atomic mass is 19.1. The zero-order chi connectivity index (χ0) is 16.2. The fourth-order valence-electron chi connectivity index (χ4n) is 2.68. The predicted molar refractivity (Wildman–Crippen MR) is 88.0 cm³/mol. The molecule has 23 heavy (non-hydrogen) atoms. The third-order valence-corrected chi connectivity index (χ3v) is 3.94. The first-order valence-electron chi connectivity index (χ1n) is 7.55. The van der Waals surface area contributed by atoms with Crippen molar-refractivity contribution in [1.82, 2.24) is 10.3 Å². The van der Waals surface area contributed by atoms with Crippen LogP contribution in [-0.2, 0) is 11.3 Å². The molecule has 0 radical (unpaired) electrons. The first-order chi connectivity index (χ1) is 11.1. The van der Waals surface area contributed by atoms with Gasteiger partial charge in [-0.1, -0.05) is 6.07 Å². The van der Waals surface area contributed by atoms with Gasteiger partial charge in [0.2, 0.25) is 5.91 Å². The molecular formula is C17H19FN4O. The van der Waals surface area contributed by atoms with E-state index in [9.17, 15) is 9.18 Å². The summed E-state index contributed by atoms with van der Waals surface area (Å²) in [5.74, 6) is -0.327. The molecular weight excluding hydrogens is 295 g/mol. The molecule has 0 bridgehead atoms. The lowest BCUT2D eigenvalue weighted by atomic mass is 10.1. The van der Waals surface area contributed by atoms with E-state index in [-0.39, 0.29) is 18.3 Å². The lowest BCUT2D eigenvalue weighted by Crippen LogP contribution is -2.44. The van der Waals surface area contributed by atoms with Crippen molar-refractivity contribution < 1.29 is 9.18 Å². The molecule has 0 aliphatic carbocycles. The summed E-state index contributed by atoms with van der Waals surface area (Å²) in [7, 11) is 1.93. The fourth-order valence-corrected chi connectivity index (χ4v) is 2.68. The van der Waals surface area contributed by atoms with Crippen LogP contribution in [0.1, 0.15) is 5.56 Å². The molecule has 6 heteroatoms. The van der Waals surface area contributed by atoms with Crippen LogP contribution in [0.5, 0.6) is 0 Å². The SMILES string of the molecule is CN1CCN(CC(=O)NCc2cccnc2)c2ccc(F)cc21. The number of nitrogens with one attached hydrogen (secondary N) is 1. The number of hydrogen-bond acceptors (Lipinski definition) is 4. The number of aromatic nitrogens is 1. The first-order valence-corrected chi connectivity index (χ1v) is 7.55. The topological polar surface area (TPSA) is 48.5 Å². The molecule has 120 valence electrons. The van der Waals surface area contributed by atoms with Crippen LogP contribution in [0.25, 0.3) is 0 Å². The maximum absolute atomic E-state index is 13.4. The average molecular weight is 314 g/mol. The van der Waals surface area contributed by atoms with E-state index in [0.717, 1.165) is 30.0 Å². The van der Waals surface area contributed by atoms with Crippen LogP contribution < -0.4 is 15.1 Å². The Balaban J connectivity index is 1.64. The summed E-state index contributed by atoms with van der Waals surface area (Å²) in [5, 5.41) is 2.89. The summed E-state index contributed by atoms with van der Waals surface area (Å²) in [6.07, 6.45) is 3.43. The minimum absolute atomic E-state index is 0.0614. The Labute approximate surface area is 134 Å². The Morgan fingerprint density at radius 3 is 2.96 bits per heavy atom. The van der Waals surface area contributed by atoms with Gasteiger partial charge in [-0.3, -0.25) is 9.78 Å². The summed E-state index contributed by atoms with van der Waals surface area (Å²) in [4.78, 5) is 20.2. The van der Waals surface area contributed by atoms with Gasteiger partial charge in [0.25, 0.3) is 0 Å². The standard InChI is InChI=1S/C17H19FN4O/c1-21-7-8-22(15-5-4-14(18)9-16(15)21)12-17(23)20-11-13-3-2-6-19-10-13/h2-6,9-10H,7-8,11-12H2,1H3,(H,20,23). The van der Waals surface area contributed by atoms with Gasteiger partial charge in [-0.05, 0) is 29.8 Å². The molecule has 1 N–H and O–H groups in total. The van der Waals surface area contributed by atoms with Gasteiger partial charge in [0, 0.05) is 39.1 Å². The Morgan fingerprint density at radius 1 is 1.30 bits per heavy atom. The van der Waals surface area contributed by atoms with Crippen molar-refractivity contribution in [3.63, 3.8) is 0 Å². The Kier molecular flexibility index (Phi) is 4.41. The number of anilines is 2. The van der Waals surface area contributed by atoms with Crippen LogP contribution in [0.3, 0.4) is 0 Å². The van der Waals surface area contributed by atoms with Crippen LogP contribution in [-0.4, -0.2) is 37.6 Å². The fraction of sp³-hybridized carbons (Fsp3) is 0.294. The predicted octanol–water partition coefficient (Wildman–Crippen LogP) is 1.79. The molecule has 5 nitrogen and oxygen atoms in total. The van der Waals surface area contributed by atoms with Gasteiger partial charge in [-0.2, -0.15) is 0 Å². The van der Waals surface area contributed by atoms with E-state index in [1.165, 1.54) is 12.1 Å². The number of carbonyl (C=O) groups excluding carboxylic acids is 1. The molecule has 3 rings (SSSR count). The van der Waals surface area contributed by atoms with Crippen molar-refractivity contribution in [3.05, 3.63) is 54.1 Å². The summed E-state index contributed by atoms with van der Waals surface area (Å²) in [5.41, 5.74) is 2.66. The van der Waals surface area contributed by atoms with Gasteiger partial charge >= 0.3 is 0 Å². The van der Waals surface area contributed by atoms with Crippen molar-refractivity contribution in [2.45, 2.75) is 6.54 Å². The Hall–Kier alpha value is -2.63. The number of rotatable bonds is 4. The minimum Gasteiger partial charge on any atom is -0.371 e. The number of pyridine rings is 1. The largest absolute Gasteiger partial charge is 0.371 e. The zero-order valence-corrected chi connectivity index (χ0v) is 13.0. The van der Waals surface area contributed by atoms with Gasteiger partial charge in [0.15, 0.2) is 0 Å². The molecule has 2 aromatic rings. The lowest BCUT2D eigenvalue weighted by molar-refractivity contribution is -0.119. The van der Waals surface area contributed by atoms with Gasteiger partial charge < -0.3 is 15.1 Å². The highest BCUT2D eigenvalue weighted by Gasteiger charge is 2.22. The van der Waals surface area contributed by atoms with E-state index in [2.05, 4.69) is 10.3 Å². The van der Waals surface area contributed by atoms with E-state index in [4.69, 9.17) is 0 Å². The molecule has 1 aromatic carbocycles. The molecule has 0 spiro atoms. The molecule has 1 aromatic heterocycles. The number of benzene rings is 1. The molecule has 0 fully saturated rings. The average Bonchev–Trinajstić information content (AvgIpc) is 2.57. The summed E-state index contributed by atoms with van der Waals surface area (Å²) in [6.45, 7) is 2.20.